The summed E-state index contributed by atoms with van der Waals surface area (Å²) in [5.41, 5.74) is 16.1. The van der Waals surface area contributed by atoms with Crippen LogP contribution in [0, 0.1) is 139 Å². The van der Waals surface area contributed by atoms with E-state index in [0.717, 1.165) is 160 Å². The Morgan fingerprint density at radius 2 is 0.793 bits per heavy atom. The van der Waals surface area contributed by atoms with Gasteiger partial charge in [0.05, 0.1) is 47.7 Å². The second-order valence-electron chi connectivity index (χ2n) is 48.7. The second-order valence-corrected chi connectivity index (χ2v) is 49.1. The number of allylic oxidation sites excluding steroid dienone is 10. The molecule has 17 nitrogen and oxygen atoms in total. The Hall–Kier alpha value is -8.05. The molecular formula is C117H153ClN10O7. The number of aromatic nitrogens is 7. The van der Waals surface area contributed by atoms with Crippen molar-refractivity contribution in [3.05, 3.63) is 168 Å². The fourth-order valence-electron chi connectivity index (χ4n) is 36.5. The minimum absolute atomic E-state index is 0.0178. The lowest BCUT2D eigenvalue weighted by Crippen LogP contribution is -2.53. The number of amides is 3. The van der Waals surface area contributed by atoms with E-state index in [2.05, 4.69) is 175 Å². The molecular weight excluding hydrogens is 1690 g/mol. The zero-order chi connectivity index (χ0) is 93.6. The van der Waals surface area contributed by atoms with Crippen LogP contribution in [0.15, 0.2) is 129 Å². The van der Waals surface area contributed by atoms with Gasteiger partial charge in [-0.05, 0) is 416 Å². The normalized spacial score (nSPS) is 42.0. The molecule has 25 rings (SSSR count). The quantitative estimate of drug-likeness (QED) is 0.145. The van der Waals surface area contributed by atoms with Crippen LogP contribution in [0.4, 0.5) is 0 Å². The van der Waals surface area contributed by atoms with Gasteiger partial charge in [0.25, 0.3) is 0 Å². The molecule has 0 N–H and O–H groups in total. The van der Waals surface area contributed by atoms with E-state index in [4.69, 9.17) is 26.1 Å². The van der Waals surface area contributed by atoms with Gasteiger partial charge < -0.3 is 24.2 Å². The van der Waals surface area contributed by atoms with Crippen molar-refractivity contribution < 1.29 is 33.4 Å². The molecule has 720 valence electrons. The molecule has 15 fully saturated rings. The summed E-state index contributed by atoms with van der Waals surface area (Å²) in [5, 5.41) is 0.810. The summed E-state index contributed by atoms with van der Waals surface area (Å²) in [7, 11) is 0. The molecule has 8 saturated heterocycles. The van der Waals surface area contributed by atoms with Crippen molar-refractivity contribution >= 4 is 69.1 Å². The van der Waals surface area contributed by atoms with Crippen LogP contribution < -0.4 is 0 Å². The van der Waals surface area contributed by atoms with Crippen LogP contribution in [-0.2, 0) is 39.9 Å². The number of fused-ring (bicyclic) bond motifs is 25. The number of aryl methyl sites for hydroxylation is 1. The van der Waals surface area contributed by atoms with E-state index in [1.54, 1.807) is 18.6 Å². The molecule has 3 unspecified atom stereocenters. The zero-order valence-electron chi connectivity index (χ0n) is 83.1. The highest BCUT2D eigenvalue weighted by atomic mass is 35.5. The molecule has 13 heterocycles. The highest BCUT2D eigenvalue weighted by Crippen LogP contribution is 2.72. The molecule has 18 heteroatoms. The van der Waals surface area contributed by atoms with Crippen LogP contribution in [0.2, 0.25) is 5.02 Å². The molecule has 3 amide bonds. The molecule has 7 saturated carbocycles. The van der Waals surface area contributed by atoms with Crippen molar-refractivity contribution in [2.24, 2.45) is 139 Å². The molecule has 27 atom stereocenters. The van der Waals surface area contributed by atoms with Crippen molar-refractivity contribution in [2.45, 2.75) is 324 Å². The molecule has 20 aliphatic rings. The van der Waals surface area contributed by atoms with Crippen molar-refractivity contribution in [3.63, 3.8) is 0 Å². The fraction of sp³-hybridized carbons (Fsp3) is 0.675. The minimum Gasteiger partial charge on any atom is -0.466 e. The molecule has 0 bridgehead atoms. The average Bonchev–Trinajstić information content (AvgIpc) is 1.60. The Bertz CT molecular complexity index is 5420. The average molecular weight is 1850 g/mol. The summed E-state index contributed by atoms with van der Waals surface area (Å²) >= 11 is 6.54. The number of halogens is 1. The smallest absolute Gasteiger partial charge is 0.306 e. The first-order valence-corrected chi connectivity index (χ1v) is 54.1. The number of esters is 2. The van der Waals surface area contributed by atoms with Gasteiger partial charge in [-0.15, -0.1) is 0 Å². The Labute approximate surface area is 810 Å². The SMILES string of the molecule is CCc1cncc(C2=CC[C@H]3[C@@H]4CCC(=O)N5CCC[C@]5(C)C4CC[C@]23C)n1.C[C@]12CCC(=O)OC[C@@H]1CC[C@@H]1[C@@H]2CC[C@]2(C)C(c3cccnc3)=CC[C@@H]12.C[C@]12CCC3[C@@H](CCC(=O)N4CCC[C@]34C)[C@@H]1CC=C2c1cnccc1Cl.C[C@]12CCC3[C@@H](CCC(=O)N4CCC[C@]34C)[C@@H]1CC=C2c1cnccn1.C[C@]12CCOC(=O)C[C@@H]1CC[C@@H]1[C@@H]2CC[C@]2(C)C(c3cccnc3)=CC[C@@H]12. The fourth-order valence-corrected chi connectivity index (χ4v) is 36.7. The number of nitrogens with zero attached hydrogens (tertiary/aromatic N) is 10. The molecule has 5 aromatic rings. The van der Waals surface area contributed by atoms with Gasteiger partial charge in [0.15, 0.2) is 0 Å². The highest BCUT2D eigenvalue weighted by Gasteiger charge is 2.66. The summed E-state index contributed by atoms with van der Waals surface area (Å²) in [4.78, 5) is 101. The predicted molar refractivity (Wildman–Crippen MR) is 531 cm³/mol. The summed E-state index contributed by atoms with van der Waals surface area (Å²) in [6, 6.07) is 10.5. The first-order chi connectivity index (χ1) is 65.0. The Kier molecular flexibility index (Phi) is 24.8. The number of hydrogen-bond donors (Lipinski definition) is 0. The monoisotopic (exact) mass is 1850 g/mol. The minimum atomic E-state index is 0.0178. The first kappa shape index (κ1) is 93.3. The Morgan fingerprint density at radius 3 is 1.26 bits per heavy atom. The first-order valence-electron chi connectivity index (χ1n) is 53.7. The highest BCUT2D eigenvalue weighted by molar-refractivity contribution is 6.32. The number of cyclic esters (lactones) is 2. The third kappa shape index (κ3) is 15.4. The van der Waals surface area contributed by atoms with E-state index in [0.29, 0.717) is 109 Å². The van der Waals surface area contributed by atoms with Crippen molar-refractivity contribution in [3.8, 4) is 0 Å². The van der Waals surface area contributed by atoms with Crippen LogP contribution in [0.3, 0.4) is 0 Å². The molecule has 0 aromatic carbocycles. The third-order valence-electron chi connectivity index (χ3n) is 43.6. The number of ether oxygens (including phenoxy) is 2. The van der Waals surface area contributed by atoms with E-state index in [-0.39, 0.29) is 66.5 Å². The maximum Gasteiger partial charge on any atom is 0.306 e. The predicted octanol–water partition coefficient (Wildman–Crippen LogP) is 24.6. The second kappa shape index (κ2) is 35.9. The van der Waals surface area contributed by atoms with E-state index in [9.17, 15) is 24.0 Å². The topological polar surface area (TPSA) is 204 Å². The van der Waals surface area contributed by atoms with Gasteiger partial charge in [0.2, 0.25) is 17.7 Å². The number of rotatable bonds is 6. The lowest BCUT2D eigenvalue weighted by atomic mass is 9.46. The van der Waals surface area contributed by atoms with Gasteiger partial charge in [-0.25, -0.2) is 4.98 Å². The van der Waals surface area contributed by atoms with Gasteiger partial charge in [-0.3, -0.25) is 53.9 Å². The molecule has 8 aliphatic heterocycles. The molecule has 0 spiro atoms. The van der Waals surface area contributed by atoms with Crippen molar-refractivity contribution in [2.75, 3.05) is 32.8 Å². The maximum atomic E-state index is 12.9. The Balaban J connectivity index is 0.000000101. The zero-order valence-corrected chi connectivity index (χ0v) is 83.9. The summed E-state index contributed by atoms with van der Waals surface area (Å²) in [5.74, 6) is 12.6. The van der Waals surface area contributed by atoms with Gasteiger partial charge in [-0.2, -0.15) is 0 Å². The van der Waals surface area contributed by atoms with E-state index in [1.165, 1.54) is 180 Å². The van der Waals surface area contributed by atoms with Gasteiger partial charge in [0.1, 0.15) is 0 Å². The number of carbonyl (C=O) groups is 5. The van der Waals surface area contributed by atoms with Crippen molar-refractivity contribution in [1.82, 2.24) is 49.6 Å². The van der Waals surface area contributed by atoms with Crippen LogP contribution in [-0.4, -0.2) is 129 Å². The standard InChI is InChI=1S/C24H33N3O.2C24H31NO2.C23H29ClN2O.C22H29N3O/c1-4-16-14-25-15-21(26-16)20-8-7-18-17-6-9-22(28)27-13-5-11-24(27,3)19(17)10-12-23(18,20)2;1-23-12-10-22(26)27-15-17(23)5-6-18-20-8-7-19(16-4-3-13-25-14-16)24(20,2)11-9-21(18)23;1-23-11-13-27-22(26)14-17(23)5-6-18-20-8-7-19(16-4-3-12-25-15-16)24(20,2)10-9-21(18)23;1-22-11-8-19-15(4-7-21(27)26-13-3-10-23(19,26)2)17(22)5-6-18(22)16-14-25-12-9-20(16)24;1-21-10-8-17-15(4-7-20(26)25-13-3-9-22(17,25)2)16(21)5-6-18(21)19-14-23-11-12-24-19/h8,14-15,17-19H,4-7,9-13H2,1-3H3;3-4,7,13-14,17-18,20-21H,5-6,8-12,15H2,1-2H3;3-4,7,12,15,17-18,20-21H,5-6,8-11,13-14H2,1-2H3;6,9,12,14-15,17,19H,3-5,7-8,10-11,13H2,1-2H3;6,11-12,14-17H,3-5,7-10,13H2,1-2H3/t17-,18-,19?,23-,24+;2*17-,18-,20-,21-,23-,24+;15-,17-,19?,22-,23+;15-,16-,17?,21-,22+/m00000/s1. The summed E-state index contributed by atoms with van der Waals surface area (Å²) in [6.45, 7) is 30.8. The molecule has 5 aromatic heterocycles. The Morgan fingerprint density at radius 1 is 0.370 bits per heavy atom. The van der Waals surface area contributed by atoms with Crippen LogP contribution in [0.5, 0.6) is 0 Å². The number of carbonyl (C=O) groups excluding carboxylic acids is 5. The van der Waals surface area contributed by atoms with Crippen LogP contribution in [0.25, 0.3) is 27.9 Å². The van der Waals surface area contributed by atoms with E-state index >= 15 is 0 Å². The van der Waals surface area contributed by atoms with Crippen molar-refractivity contribution in [1.29, 1.82) is 0 Å². The van der Waals surface area contributed by atoms with Crippen LogP contribution >= 0.6 is 11.6 Å². The maximum absolute atomic E-state index is 12.9. The van der Waals surface area contributed by atoms with Gasteiger partial charge >= 0.3 is 11.9 Å². The van der Waals surface area contributed by atoms with Crippen LogP contribution in [0.1, 0.15) is 335 Å². The number of pyridine rings is 3. The van der Waals surface area contributed by atoms with Gasteiger partial charge in [0, 0.05) is 130 Å². The molecule has 0 radical (unpaired) electrons. The largest absolute Gasteiger partial charge is 0.466 e. The lowest BCUT2D eigenvalue weighted by molar-refractivity contribution is -0.145. The molecule has 12 aliphatic carbocycles. The lowest BCUT2D eigenvalue weighted by Gasteiger charge is -2.58. The summed E-state index contributed by atoms with van der Waals surface area (Å²) < 4.78 is 11.0. The summed E-state index contributed by atoms with van der Waals surface area (Å²) in [6.07, 6.45) is 73.1. The third-order valence-corrected chi connectivity index (χ3v) is 43.9. The van der Waals surface area contributed by atoms with E-state index < -0.39 is 0 Å². The molecule has 135 heavy (non-hydrogen) atoms. The van der Waals surface area contributed by atoms with E-state index in [1.807, 2.05) is 55.6 Å². The number of hydrogen-bond acceptors (Lipinski definition) is 14. The van der Waals surface area contributed by atoms with Gasteiger partial charge in [-0.1, -0.05) is 110 Å².